The van der Waals surface area contributed by atoms with Crippen LogP contribution in [0.25, 0.3) is 11.2 Å². The molecule has 2 aromatic heterocycles. The lowest BCUT2D eigenvalue weighted by atomic mass is 9.58. The summed E-state index contributed by atoms with van der Waals surface area (Å²) in [7, 11) is 0. The van der Waals surface area contributed by atoms with Crippen molar-refractivity contribution in [3.8, 4) is 0 Å². The van der Waals surface area contributed by atoms with Gasteiger partial charge >= 0.3 is 0 Å². The molecule has 9 heteroatoms. The van der Waals surface area contributed by atoms with Crippen molar-refractivity contribution < 1.29 is 15.3 Å². The molecule has 2 heterocycles. The molecule has 1 fully saturated rings. The summed E-state index contributed by atoms with van der Waals surface area (Å²) in [5.74, 6) is 0.363. The Bertz CT molecular complexity index is 720. The first kappa shape index (κ1) is 16.4. The van der Waals surface area contributed by atoms with Gasteiger partial charge < -0.3 is 21.1 Å². The lowest BCUT2D eigenvalue weighted by molar-refractivity contribution is -0.173. The molecule has 0 saturated heterocycles. The quantitative estimate of drug-likeness (QED) is 0.454. The Morgan fingerprint density at radius 2 is 2.22 bits per heavy atom. The zero-order chi connectivity index (χ0) is 16.8. The van der Waals surface area contributed by atoms with Crippen molar-refractivity contribution in [3.05, 3.63) is 6.33 Å². The number of rotatable bonds is 5. The van der Waals surface area contributed by atoms with Crippen LogP contribution in [0.3, 0.4) is 0 Å². The zero-order valence-corrected chi connectivity index (χ0v) is 13.9. The van der Waals surface area contributed by atoms with Gasteiger partial charge in [0.05, 0.1) is 12.9 Å². The van der Waals surface area contributed by atoms with Crippen LogP contribution >= 0.6 is 11.8 Å². The first-order valence-corrected chi connectivity index (χ1v) is 8.68. The molecular weight excluding hydrogens is 318 g/mol. The summed E-state index contributed by atoms with van der Waals surface area (Å²) in [6, 6.07) is 0. The molecule has 0 unspecified atom stereocenters. The van der Waals surface area contributed by atoms with E-state index in [0.29, 0.717) is 22.7 Å². The van der Waals surface area contributed by atoms with Crippen LogP contribution in [0.1, 0.15) is 26.0 Å². The average Bonchev–Trinajstić information content (AvgIpc) is 2.97. The Morgan fingerprint density at radius 1 is 1.48 bits per heavy atom. The van der Waals surface area contributed by atoms with Gasteiger partial charge in [0, 0.05) is 5.41 Å². The van der Waals surface area contributed by atoms with Crippen molar-refractivity contribution in [1.29, 1.82) is 0 Å². The van der Waals surface area contributed by atoms with Gasteiger partial charge in [-0.25, -0.2) is 15.0 Å². The third-order valence-electron chi connectivity index (χ3n) is 5.09. The number of imidazole rings is 1. The highest BCUT2D eigenvalue weighted by atomic mass is 32.2. The minimum Gasteiger partial charge on any atom is -0.396 e. The minimum atomic E-state index is -1.26. The molecule has 2 aromatic rings. The molecule has 0 aliphatic heterocycles. The molecule has 0 radical (unpaired) electrons. The van der Waals surface area contributed by atoms with Gasteiger partial charge in [-0.3, -0.25) is 4.57 Å². The van der Waals surface area contributed by atoms with Crippen LogP contribution < -0.4 is 5.73 Å². The van der Waals surface area contributed by atoms with E-state index in [1.807, 2.05) is 13.2 Å². The number of fused-ring (bicyclic) bond motifs is 1. The van der Waals surface area contributed by atoms with Gasteiger partial charge in [0.2, 0.25) is 0 Å². The first-order chi connectivity index (χ1) is 10.9. The predicted octanol–water partition coefficient (Wildman–Crippen LogP) is 0.391. The van der Waals surface area contributed by atoms with Crippen molar-refractivity contribution in [2.24, 2.45) is 11.3 Å². The lowest BCUT2D eigenvalue weighted by Gasteiger charge is -2.51. The molecule has 0 aromatic carbocycles. The average molecular weight is 339 g/mol. The van der Waals surface area contributed by atoms with Crippen LogP contribution in [0.15, 0.2) is 11.5 Å². The fourth-order valence-corrected chi connectivity index (χ4v) is 3.59. The Kier molecular flexibility index (Phi) is 4.21. The van der Waals surface area contributed by atoms with Gasteiger partial charge in [-0.1, -0.05) is 18.7 Å². The third-order valence-corrected chi connectivity index (χ3v) is 5.63. The van der Waals surface area contributed by atoms with Gasteiger partial charge in [0.25, 0.3) is 0 Å². The summed E-state index contributed by atoms with van der Waals surface area (Å²) in [6.45, 7) is 1.79. The number of nitrogens with zero attached hydrogens (tertiary/aromatic N) is 4. The molecule has 4 atom stereocenters. The van der Waals surface area contributed by atoms with E-state index in [2.05, 4.69) is 15.0 Å². The van der Waals surface area contributed by atoms with E-state index in [4.69, 9.17) is 5.73 Å². The van der Waals surface area contributed by atoms with Crippen LogP contribution in [-0.2, 0) is 0 Å². The molecule has 0 spiro atoms. The maximum absolute atomic E-state index is 10.6. The molecule has 0 bridgehead atoms. The first-order valence-electron chi connectivity index (χ1n) is 7.45. The highest BCUT2D eigenvalue weighted by Crippen LogP contribution is 2.51. The van der Waals surface area contributed by atoms with E-state index in [1.165, 1.54) is 22.7 Å². The fraction of sp³-hybridized carbons (Fsp3) is 0.643. The number of thioether (sulfide) groups is 1. The van der Waals surface area contributed by atoms with Gasteiger partial charge in [0.1, 0.15) is 11.6 Å². The number of hydrogen-bond donors (Lipinski definition) is 4. The molecule has 8 nitrogen and oxygen atoms in total. The summed E-state index contributed by atoms with van der Waals surface area (Å²) in [4.78, 5) is 12.6. The molecular formula is C14H21N5O3S. The van der Waals surface area contributed by atoms with Crippen molar-refractivity contribution >= 4 is 28.7 Å². The molecule has 126 valence electrons. The smallest absolute Gasteiger partial charge is 0.191 e. The number of hydrogen-bond acceptors (Lipinski definition) is 8. The topological polar surface area (TPSA) is 130 Å². The number of aliphatic hydroxyl groups is 3. The van der Waals surface area contributed by atoms with Crippen molar-refractivity contribution in [1.82, 2.24) is 19.5 Å². The highest BCUT2D eigenvalue weighted by Gasteiger charge is 2.52. The zero-order valence-electron chi connectivity index (χ0n) is 13.0. The summed E-state index contributed by atoms with van der Waals surface area (Å²) in [6.07, 6.45) is 2.41. The normalized spacial score (nSPS) is 26.9. The second kappa shape index (κ2) is 5.90. The molecule has 5 N–H and O–H groups in total. The van der Waals surface area contributed by atoms with E-state index >= 15 is 0 Å². The molecule has 3 rings (SSSR count). The number of nitrogen functional groups attached to an aromatic ring is 1. The lowest BCUT2D eigenvalue weighted by Crippen LogP contribution is -2.53. The van der Waals surface area contributed by atoms with Crippen LogP contribution in [0.5, 0.6) is 0 Å². The molecule has 0 amide bonds. The predicted molar refractivity (Wildman–Crippen MR) is 86.7 cm³/mol. The van der Waals surface area contributed by atoms with Crippen LogP contribution in [-0.4, -0.2) is 53.8 Å². The standard InChI is InChI=1S/C14H21N5O3S/c1-7-3-4-14(7,5-20)9(21)12(22)19-6-16-8-10(15)17-13(23-2)18-11(8)19/h6-7,9,12,20-22H,3-5H2,1-2H3,(H2,15,17,18)/t7-,9-,12+,14-/m0/s1. The largest absolute Gasteiger partial charge is 0.396 e. The summed E-state index contributed by atoms with van der Waals surface area (Å²) < 4.78 is 1.39. The van der Waals surface area contributed by atoms with Crippen molar-refractivity contribution in [2.45, 2.75) is 37.3 Å². The van der Waals surface area contributed by atoms with Gasteiger partial charge in [-0.05, 0) is 25.0 Å². The minimum absolute atomic E-state index is 0.133. The van der Waals surface area contributed by atoms with Crippen molar-refractivity contribution in [3.63, 3.8) is 0 Å². The van der Waals surface area contributed by atoms with Gasteiger partial charge in [0.15, 0.2) is 22.8 Å². The monoisotopic (exact) mass is 339 g/mol. The fourth-order valence-electron chi connectivity index (χ4n) is 3.22. The van der Waals surface area contributed by atoms with Crippen LogP contribution in [0.2, 0.25) is 0 Å². The van der Waals surface area contributed by atoms with Crippen molar-refractivity contribution in [2.75, 3.05) is 18.6 Å². The Balaban J connectivity index is 2.01. The SMILES string of the molecule is CSc1nc(N)c2ncn([C@H](O)[C@H](O)[C@]3(CO)CC[C@@H]3C)c2n1. The van der Waals surface area contributed by atoms with E-state index < -0.39 is 17.7 Å². The van der Waals surface area contributed by atoms with E-state index in [0.717, 1.165) is 6.42 Å². The summed E-state index contributed by atoms with van der Waals surface area (Å²) >= 11 is 1.33. The molecule has 1 aliphatic carbocycles. The number of nitrogens with two attached hydrogens (primary N) is 1. The van der Waals surface area contributed by atoms with Crippen LogP contribution in [0, 0.1) is 11.3 Å². The summed E-state index contributed by atoms with van der Waals surface area (Å²) in [5, 5.41) is 31.5. The van der Waals surface area contributed by atoms with E-state index in [1.54, 1.807) is 0 Å². The second-order valence-electron chi connectivity index (χ2n) is 6.11. The third kappa shape index (κ3) is 2.38. The van der Waals surface area contributed by atoms with E-state index in [9.17, 15) is 15.3 Å². The maximum Gasteiger partial charge on any atom is 0.191 e. The Hall–Kier alpha value is -1.42. The van der Waals surface area contributed by atoms with E-state index in [-0.39, 0.29) is 18.3 Å². The second-order valence-corrected chi connectivity index (χ2v) is 6.88. The Morgan fingerprint density at radius 3 is 2.74 bits per heavy atom. The number of anilines is 1. The molecule has 23 heavy (non-hydrogen) atoms. The maximum atomic E-state index is 10.6. The molecule has 1 saturated carbocycles. The van der Waals surface area contributed by atoms with Gasteiger partial charge in [-0.2, -0.15) is 0 Å². The summed E-state index contributed by atoms with van der Waals surface area (Å²) in [5.41, 5.74) is 5.92. The highest BCUT2D eigenvalue weighted by molar-refractivity contribution is 7.98. The Labute approximate surface area is 137 Å². The van der Waals surface area contributed by atoms with Crippen LogP contribution in [0.4, 0.5) is 5.82 Å². The number of aromatic nitrogens is 4. The molecule has 1 aliphatic rings. The number of aliphatic hydroxyl groups excluding tert-OH is 3. The van der Waals surface area contributed by atoms with Gasteiger partial charge in [-0.15, -0.1) is 0 Å².